The molecule has 0 fully saturated rings. The van der Waals surface area contributed by atoms with E-state index in [0.717, 1.165) is 11.1 Å². The molecule has 2 aromatic carbocycles. The van der Waals surface area contributed by atoms with Gasteiger partial charge in [0, 0.05) is 12.0 Å². The maximum atomic E-state index is 13.4. The van der Waals surface area contributed by atoms with Gasteiger partial charge in [0.25, 0.3) is 0 Å². The molecule has 0 saturated heterocycles. The molecule has 2 aromatic rings. The minimum absolute atomic E-state index is 0.236. The number of ether oxygens (including phenoxy) is 2. The van der Waals surface area contributed by atoms with Crippen molar-refractivity contribution in [2.75, 3.05) is 7.11 Å². The van der Waals surface area contributed by atoms with Crippen LogP contribution >= 0.6 is 0 Å². The summed E-state index contributed by atoms with van der Waals surface area (Å²) in [6, 6.07) is 10.3. The Bertz CT molecular complexity index is 669. The minimum Gasteiger partial charge on any atom is -0.497 e. The van der Waals surface area contributed by atoms with E-state index in [1.165, 1.54) is 6.07 Å². The molecule has 0 radical (unpaired) electrons. The van der Waals surface area contributed by atoms with Crippen LogP contribution in [-0.2, 0) is 0 Å². The molecule has 4 heteroatoms. The van der Waals surface area contributed by atoms with Gasteiger partial charge in [-0.2, -0.15) is 0 Å². The van der Waals surface area contributed by atoms with Gasteiger partial charge in [0.1, 0.15) is 23.4 Å². The molecule has 0 spiro atoms. The lowest BCUT2D eigenvalue weighted by Crippen LogP contribution is -2.19. The zero-order valence-corrected chi connectivity index (χ0v) is 12.0. The Labute approximate surface area is 122 Å². The van der Waals surface area contributed by atoms with Gasteiger partial charge in [0.2, 0.25) is 0 Å². The van der Waals surface area contributed by atoms with E-state index in [-0.39, 0.29) is 11.9 Å². The first-order chi connectivity index (χ1) is 10.1. The van der Waals surface area contributed by atoms with Gasteiger partial charge in [-0.05, 0) is 48.4 Å². The summed E-state index contributed by atoms with van der Waals surface area (Å²) < 4.78 is 24.5. The van der Waals surface area contributed by atoms with Crippen molar-refractivity contribution >= 4 is 0 Å². The van der Waals surface area contributed by atoms with Crippen LogP contribution in [0.3, 0.4) is 0 Å². The van der Waals surface area contributed by atoms with Crippen LogP contribution in [0.5, 0.6) is 11.5 Å². The molecule has 3 nitrogen and oxygen atoms in total. The van der Waals surface area contributed by atoms with Crippen molar-refractivity contribution in [3.8, 4) is 11.5 Å². The zero-order valence-electron chi connectivity index (χ0n) is 12.0. The molecule has 1 heterocycles. The molecule has 3 rings (SSSR count). The number of benzene rings is 2. The summed E-state index contributed by atoms with van der Waals surface area (Å²) in [6.07, 6.45) is -0.468. The van der Waals surface area contributed by atoms with Crippen LogP contribution in [0.2, 0.25) is 0 Å². The van der Waals surface area contributed by atoms with Crippen molar-refractivity contribution in [2.24, 2.45) is 0 Å². The van der Waals surface area contributed by atoms with E-state index in [9.17, 15) is 9.50 Å². The predicted octanol–water partition coefficient (Wildman–Crippen LogP) is 3.70. The van der Waals surface area contributed by atoms with Crippen LogP contribution in [0.4, 0.5) is 4.39 Å². The fraction of sp³-hybridized carbons (Fsp3) is 0.294. The Hall–Kier alpha value is -2.07. The van der Waals surface area contributed by atoms with Gasteiger partial charge < -0.3 is 14.6 Å². The third-order valence-corrected chi connectivity index (χ3v) is 3.84. The first kappa shape index (κ1) is 13.9. The fourth-order valence-corrected chi connectivity index (χ4v) is 2.62. The second kappa shape index (κ2) is 5.37. The van der Waals surface area contributed by atoms with Gasteiger partial charge in [-0.1, -0.05) is 6.07 Å². The van der Waals surface area contributed by atoms with Crippen molar-refractivity contribution in [2.45, 2.75) is 25.6 Å². The average Bonchev–Trinajstić information content (AvgIpc) is 2.49. The number of rotatable bonds is 2. The van der Waals surface area contributed by atoms with Gasteiger partial charge in [-0.25, -0.2) is 4.39 Å². The maximum absolute atomic E-state index is 13.4. The Kier molecular flexibility index (Phi) is 3.55. The molecule has 1 unspecified atom stereocenters. The molecular weight excluding hydrogens is 271 g/mol. The highest BCUT2D eigenvalue weighted by atomic mass is 19.1. The first-order valence-corrected chi connectivity index (χ1v) is 6.87. The van der Waals surface area contributed by atoms with Crippen LogP contribution in [-0.4, -0.2) is 12.2 Å². The number of aliphatic hydroxyl groups is 1. The zero-order chi connectivity index (χ0) is 15.0. The second-order valence-electron chi connectivity index (χ2n) is 5.27. The van der Waals surface area contributed by atoms with Crippen LogP contribution in [0.25, 0.3) is 0 Å². The molecule has 0 aromatic heterocycles. The maximum Gasteiger partial charge on any atom is 0.127 e. The van der Waals surface area contributed by atoms with Crippen molar-refractivity contribution in [1.29, 1.82) is 0 Å². The van der Waals surface area contributed by atoms with Crippen molar-refractivity contribution in [3.05, 3.63) is 58.9 Å². The molecule has 1 N–H and O–H groups in total. The molecule has 0 aliphatic carbocycles. The van der Waals surface area contributed by atoms with E-state index in [2.05, 4.69) is 0 Å². The quantitative estimate of drug-likeness (QED) is 0.915. The molecule has 1 aliphatic rings. The Morgan fingerprint density at radius 3 is 2.76 bits per heavy atom. The van der Waals surface area contributed by atoms with Gasteiger partial charge in [0.15, 0.2) is 0 Å². The smallest absolute Gasteiger partial charge is 0.127 e. The average molecular weight is 288 g/mol. The molecule has 0 saturated carbocycles. The topological polar surface area (TPSA) is 38.7 Å². The summed E-state index contributed by atoms with van der Waals surface area (Å²) >= 11 is 0. The SMILES string of the molecule is COc1ccc2c(c1)[C@@H](O)CC(c1ccc(F)c(C)c1)O2. The number of aryl methyl sites for hydroxylation is 1. The molecule has 21 heavy (non-hydrogen) atoms. The second-order valence-corrected chi connectivity index (χ2v) is 5.27. The van der Waals surface area contributed by atoms with Gasteiger partial charge in [-0.15, -0.1) is 0 Å². The summed E-state index contributed by atoms with van der Waals surface area (Å²) in [4.78, 5) is 0. The molecular formula is C17H17FO3. The summed E-state index contributed by atoms with van der Waals surface area (Å²) in [5.41, 5.74) is 2.17. The highest BCUT2D eigenvalue weighted by Gasteiger charge is 2.28. The number of hydrogen-bond donors (Lipinski definition) is 1. The van der Waals surface area contributed by atoms with Crippen LogP contribution in [0, 0.1) is 12.7 Å². The van der Waals surface area contributed by atoms with Crippen molar-refractivity contribution in [3.63, 3.8) is 0 Å². The van der Waals surface area contributed by atoms with E-state index < -0.39 is 6.10 Å². The largest absolute Gasteiger partial charge is 0.497 e. The fourth-order valence-electron chi connectivity index (χ4n) is 2.62. The Morgan fingerprint density at radius 1 is 1.24 bits per heavy atom. The number of aliphatic hydroxyl groups excluding tert-OH is 1. The third kappa shape index (κ3) is 2.59. The van der Waals surface area contributed by atoms with Gasteiger partial charge in [0.05, 0.1) is 13.2 Å². The summed E-state index contributed by atoms with van der Waals surface area (Å²) in [5.74, 6) is 1.09. The molecule has 1 aliphatic heterocycles. The standard InChI is InChI=1S/C17H17FO3/c1-10-7-11(3-5-14(10)18)17-9-15(19)13-8-12(20-2)4-6-16(13)21-17/h3-8,15,17,19H,9H2,1-2H3/t15-,17?/m0/s1. The first-order valence-electron chi connectivity index (χ1n) is 6.87. The third-order valence-electron chi connectivity index (χ3n) is 3.84. The number of fused-ring (bicyclic) bond motifs is 1. The van der Waals surface area contributed by atoms with Crippen LogP contribution in [0.15, 0.2) is 36.4 Å². The molecule has 110 valence electrons. The summed E-state index contributed by atoms with van der Waals surface area (Å²) in [5, 5.41) is 10.3. The molecule has 2 atom stereocenters. The van der Waals surface area contributed by atoms with Crippen molar-refractivity contribution < 1.29 is 19.0 Å². The lowest BCUT2D eigenvalue weighted by Gasteiger charge is -2.30. The highest BCUT2D eigenvalue weighted by Crippen LogP contribution is 2.42. The van der Waals surface area contributed by atoms with Gasteiger partial charge in [-0.3, -0.25) is 0 Å². The van der Waals surface area contributed by atoms with E-state index in [0.29, 0.717) is 23.5 Å². The highest BCUT2D eigenvalue weighted by molar-refractivity contribution is 5.44. The predicted molar refractivity (Wildman–Crippen MR) is 77.1 cm³/mol. The van der Waals surface area contributed by atoms with E-state index in [1.807, 2.05) is 0 Å². The monoisotopic (exact) mass is 288 g/mol. The van der Waals surface area contributed by atoms with Crippen molar-refractivity contribution in [1.82, 2.24) is 0 Å². The van der Waals surface area contributed by atoms with Gasteiger partial charge >= 0.3 is 0 Å². The lowest BCUT2D eigenvalue weighted by atomic mass is 9.94. The minimum atomic E-state index is -0.626. The summed E-state index contributed by atoms with van der Waals surface area (Å²) in [7, 11) is 1.59. The summed E-state index contributed by atoms with van der Waals surface area (Å²) in [6.45, 7) is 1.72. The number of hydrogen-bond acceptors (Lipinski definition) is 3. The Balaban J connectivity index is 1.92. The lowest BCUT2D eigenvalue weighted by molar-refractivity contribution is 0.0654. The normalized spacial score (nSPS) is 20.6. The van der Waals surface area contributed by atoms with Crippen LogP contribution < -0.4 is 9.47 Å². The van der Waals surface area contributed by atoms with E-state index >= 15 is 0 Å². The number of methoxy groups -OCH3 is 1. The van der Waals surface area contributed by atoms with E-state index in [4.69, 9.17) is 9.47 Å². The molecule has 0 bridgehead atoms. The Morgan fingerprint density at radius 2 is 2.05 bits per heavy atom. The molecule has 0 amide bonds. The number of halogens is 1. The van der Waals surface area contributed by atoms with E-state index in [1.54, 1.807) is 44.4 Å². The van der Waals surface area contributed by atoms with Crippen LogP contribution in [0.1, 0.15) is 35.3 Å².